The molecule has 1 aromatic carbocycles. The molecule has 1 rings (SSSR count). The third-order valence-corrected chi connectivity index (χ3v) is 2.40. The third-order valence-electron chi connectivity index (χ3n) is 2.40. The standard InChI is InChI=1S/C11H18N4O3/c1-18-5-3-2-4-13-9-6-10(14-12)8-11(7-9)15(16)17/h6-8,13-14H,2-5,12H2,1H3. The van der Waals surface area contributed by atoms with Gasteiger partial charge in [-0.05, 0) is 18.9 Å². The number of nitro groups is 1. The molecule has 0 aromatic heterocycles. The van der Waals surface area contributed by atoms with E-state index in [4.69, 9.17) is 10.6 Å². The first kappa shape index (κ1) is 14.2. The maximum Gasteiger partial charge on any atom is 0.273 e. The van der Waals surface area contributed by atoms with Crippen LogP contribution in [0.5, 0.6) is 0 Å². The molecule has 1 aromatic rings. The average Bonchev–Trinajstić information content (AvgIpc) is 2.38. The summed E-state index contributed by atoms with van der Waals surface area (Å²) >= 11 is 0. The molecule has 0 bridgehead atoms. The predicted molar refractivity (Wildman–Crippen MR) is 70.5 cm³/mol. The molecule has 18 heavy (non-hydrogen) atoms. The van der Waals surface area contributed by atoms with E-state index in [1.807, 2.05) is 0 Å². The van der Waals surface area contributed by atoms with Crippen LogP contribution in [0.15, 0.2) is 18.2 Å². The molecule has 0 atom stereocenters. The summed E-state index contributed by atoms with van der Waals surface area (Å²) in [6, 6.07) is 4.59. The molecular weight excluding hydrogens is 236 g/mol. The largest absolute Gasteiger partial charge is 0.385 e. The van der Waals surface area contributed by atoms with Gasteiger partial charge in [0.15, 0.2) is 0 Å². The summed E-state index contributed by atoms with van der Waals surface area (Å²) < 4.78 is 4.94. The zero-order chi connectivity index (χ0) is 13.4. The van der Waals surface area contributed by atoms with Crippen molar-refractivity contribution in [3.63, 3.8) is 0 Å². The number of benzene rings is 1. The van der Waals surface area contributed by atoms with Gasteiger partial charge >= 0.3 is 0 Å². The van der Waals surface area contributed by atoms with Crippen LogP contribution in [-0.2, 0) is 4.74 Å². The lowest BCUT2D eigenvalue weighted by atomic mass is 10.2. The van der Waals surface area contributed by atoms with Gasteiger partial charge in [-0.25, -0.2) is 0 Å². The molecule has 4 N–H and O–H groups in total. The number of nitrogens with one attached hydrogen (secondary N) is 2. The van der Waals surface area contributed by atoms with Crippen molar-refractivity contribution in [2.45, 2.75) is 12.8 Å². The van der Waals surface area contributed by atoms with Crippen molar-refractivity contribution >= 4 is 17.1 Å². The van der Waals surface area contributed by atoms with Crippen molar-refractivity contribution < 1.29 is 9.66 Å². The van der Waals surface area contributed by atoms with Crippen LogP contribution in [0.25, 0.3) is 0 Å². The Labute approximate surface area is 105 Å². The Kier molecular flexibility index (Phi) is 5.89. The first-order valence-corrected chi connectivity index (χ1v) is 5.66. The molecule has 0 aliphatic carbocycles. The number of hydrogen-bond donors (Lipinski definition) is 3. The van der Waals surface area contributed by atoms with E-state index < -0.39 is 4.92 Å². The van der Waals surface area contributed by atoms with Gasteiger partial charge in [-0.3, -0.25) is 16.0 Å². The predicted octanol–water partition coefficient (Wildman–Crippen LogP) is 1.72. The Balaban J connectivity index is 2.58. The number of hydrogen-bond acceptors (Lipinski definition) is 6. The van der Waals surface area contributed by atoms with E-state index in [1.165, 1.54) is 12.1 Å². The van der Waals surface area contributed by atoms with Crippen molar-refractivity contribution in [2.75, 3.05) is 31.0 Å². The van der Waals surface area contributed by atoms with Gasteiger partial charge in [-0.1, -0.05) is 0 Å². The molecule has 0 aliphatic heterocycles. The Morgan fingerprint density at radius 3 is 2.67 bits per heavy atom. The van der Waals surface area contributed by atoms with Crippen LogP contribution in [0.3, 0.4) is 0 Å². The lowest BCUT2D eigenvalue weighted by Gasteiger charge is -2.08. The van der Waals surface area contributed by atoms with E-state index in [2.05, 4.69) is 10.7 Å². The summed E-state index contributed by atoms with van der Waals surface area (Å²) in [5, 5.41) is 13.8. The molecule has 0 aliphatic rings. The molecule has 0 saturated carbocycles. The molecule has 7 nitrogen and oxygen atoms in total. The minimum atomic E-state index is -0.447. The Morgan fingerprint density at radius 1 is 1.33 bits per heavy atom. The summed E-state index contributed by atoms with van der Waals surface area (Å²) in [5.41, 5.74) is 3.59. The monoisotopic (exact) mass is 254 g/mol. The fourth-order valence-corrected chi connectivity index (χ4v) is 1.51. The maximum absolute atomic E-state index is 10.7. The molecule has 0 saturated heterocycles. The first-order chi connectivity index (χ1) is 8.67. The van der Waals surface area contributed by atoms with Crippen molar-refractivity contribution in [3.8, 4) is 0 Å². The van der Waals surface area contributed by atoms with Crippen LogP contribution in [0.4, 0.5) is 17.1 Å². The molecule has 100 valence electrons. The molecule has 0 spiro atoms. The highest BCUT2D eigenvalue weighted by Crippen LogP contribution is 2.23. The second-order valence-corrected chi connectivity index (χ2v) is 3.80. The molecular formula is C11H18N4O3. The fourth-order valence-electron chi connectivity index (χ4n) is 1.51. The smallest absolute Gasteiger partial charge is 0.273 e. The van der Waals surface area contributed by atoms with Crippen LogP contribution >= 0.6 is 0 Å². The summed E-state index contributed by atoms with van der Waals surface area (Å²) in [4.78, 5) is 10.3. The second-order valence-electron chi connectivity index (χ2n) is 3.80. The molecule has 0 radical (unpaired) electrons. The molecule has 0 unspecified atom stereocenters. The number of nitrogens with zero attached hydrogens (tertiary/aromatic N) is 1. The Hall–Kier alpha value is -1.86. The van der Waals surface area contributed by atoms with Gasteiger partial charge in [0.25, 0.3) is 5.69 Å². The maximum atomic E-state index is 10.7. The van der Waals surface area contributed by atoms with Crippen LogP contribution in [0, 0.1) is 10.1 Å². The molecule has 0 fully saturated rings. The topological polar surface area (TPSA) is 102 Å². The Morgan fingerprint density at radius 2 is 2.06 bits per heavy atom. The van der Waals surface area contributed by atoms with Crippen molar-refractivity contribution in [1.29, 1.82) is 0 Å². The second kappa shape index (κ2) is 7.46. The van der Waals surface area contributed by atoms with Crippen LogP contribution in [0.2, 0.25) is 0 Å². The number of nitro benzene ring substituents is 1. The highest BCUT2D eigenvalue weighted by Gasteiger charge is 2.08. The van der Waals surface area contributed by atoms with E-state index in [9.17, 15) is 10.1 Å². The van der Waals surface area contributed by atoms with E-state index in [1.54, 1.807) is 13.2 Å². The summed E-state index contributed by atoms with van der Waals surface area (Å²) in [5.74, 6) is 5.27. The summed E-state index contributed by atoms with van der Waals surface area (Å²) in [6.45, 7) is 1.45. The van der Waals surface area contributed by atoms with Gasteiger partial charge in [-0.15, -0.1) is 0 Å². The van der Waals surface area contributed by atoms with Crippen molar-refractivity contribution in [2.24, 2.45) is 5.84 Å². The number of methoxy groups -OCH3 is 1. The number of nitrogen functional groups attached to an aromatic ring is 1. The lowest BCUT2D eigenvalue weighted by Crippen LogP contribution is -2.09. The van der Waals surface area contributed by atoms with E-state index in [0.29, 0.717) is 18.0 Å². The molecule has 0 amide bonds. The van der Waals surface area contributed by atoms with Crippen molar-refractivity contribution in [1.82, 2.24) is 0 Å². The van der Waals surface area contributed by atoms with Crippen LogP contribution in [0.1, 0.15) is 12.8 Å². The number of non-ortho nitro benzene ring substituents is 1. The van der Waals surface area contributed by atoms with Crippen LogP contribution in [-0.4, -0.2) is 25.2 Å². The van der Waals surface area contributed by atoms with Gasteiger partial charge < -0.3 is 15.5 Å². The minimum Gasteiger partial charge on any atom is -0.385 e. The van der Waals surface area contributed by atoms with Gasteiger partial charge in [0.2, 0.25) is 0 Å². The summed E-state index contributed by atoms with van der Waals surface area (Å²) in [7, 11) is 1.66. The quantitative estimate of drug-likeness (QED) is 0.282. The highest BCUT2D eigenvalue weighted by molar-refractivity contribution is 5.63. The number of nitrogens with two attached hydrogens (primary N) is 1. The van der Waals surface area contributed by atoms with Gasteiger partial charge in [0, 0.05) is 38.1 Å². The highest BCUT2D eigenvalue weighted by atomic mass is 16.6. The van der Waals surface area contributed by atoms with E-state index in [0.717, 1.165) is 19.4 Å². The number of ether oxygens (including phenoxy) is 1. The number of hydrazine groups is 1. The number of rotatable bonds is 8. The average molecular weight is 254 g/mol. The lowest BCUT2D eigenvalue weighted by molar-refractivity contribution is -0.384. The normalized spacial score (nSPS) is 10.1. The van der Waals surface area contributed by atoms with E-state index in [-0.39, 0.29) is 5.69 Å². The third kappa shape index (κ3) is 4.56. The van der Waals surface area contributed by atoms with E-state index >= 15 is 0 Å². The SMILES string of the molecule is COCCCCNc1cc(NN)cc([N+](=O)[O-])c1. The number of unbranched alkanes of at least 4 members (excludes halogenated alkanes) is 1. The van der Waals surface area contributed by atoms with Gasteiger partial charge in [0.05, 0.1) is 10.6 Å². The van der Waals surface area contributed by atoms with Gasteiger partial charge in [-0.2, -0.15) is 0 Å². The zero-order valence-electron chi connectivity index (χ0n) is 10.3. The van der Waals surface area contributed by atoms with Crippen molar-refractivity contribution in [3.05, 3.63) is 28.3 Å². The van der Waals surface area contributed by atoms with Gasteiger partial charge in [0.1, 0.15) is 0 Å². The molecule has 7 heteroatoms. The molecule has 0 heterocycles. The number of anilines is 2. The minimum absolute atomic E-state index is 0.00448. The van der Waals surface area contributed by atoms with Crippen LogP contribution < -0.4 is 16.6 Å². The summed E-state index contributed by atoms with van der Waals surface area (Å²) in [6.07, 6.45) is 1.88. The zero-order valence-corrected chi connectivity index (χ0v) is 10.3. The first-order valence-electron chi connectivity index (χ1n) is 5.66. The fraction of sp³-hybridized carbons (Fsp3) is 0.455. The Bertz CT molecular complexity index is 398.